The van der Waals surface area contributed by atoms with Crippen LogP contribution < -0.4 is 5.32 Å². The van der Waals surface area contributed by atoms with Crippen molar-refractivity contribution in [3.63, 3.8) is 0 Å². The van der Waals surface area contributed by atoms with Crippen molar-refractivity contribution in [3.8, 4) is 11.3 Å². The largest absolute Gasteiger partial charge is 0.368 e. The minimum absolute atomic E-state index is 0.764. The Morgan fingerprint density at radius 1 is 0.769 bits per heavy atom. The summed E-state index contributed by atoms with van der Waals surface area (Å²) in [7, 11) is 0. The van der Waals surface area contributed by atoms with Crippen molar-refractivity contribution in [2.24, 2.45) is 0 Å². The molecule has 0 saturated carbocycles. The molecule has 0 aliphatic heterocycles. The highest BCUT2D eigenvalue weighted by molar-refractivity contribution is 6.30. The first kappa shape index (κ1) is 16.6. The van der Waals surface area contributed by atoms with E-state index >= 15 is 0 Å². The first-order chi connectivity index (χ1) is 12.8. The summed E-state index contributed by atoms with van der Waals surface area (Å²) >= 11 is 6.05. The maximum atomic E-state index is 6.05. The van der Waals surface area contributed by atoms with Crippen LogP contribution in [0.25, 0.3) is 22.0 Å². The van der Waals surface area contributed by atoms with E-state index in [1.165, 1.54) is 5.56 Å². The molecule has 0 amide bonds. The highest BCUT2D eigenvalue weighted by Crippen LogP contribution is 2.29. The molecule has 0 radical (unpaired) electrons. The second-order valence-electron chi connectivity index (χ2n) is 6.12. The summed E-state index contributed by atoms with van der Waals surface area (Å²) < 4.78 is 0. The summed E-state index contributed by atoms with van der Waals surface area (Å²) in [5.74, 6) is 0.808. The van der Waals surface area contributed by atoms with Gasteiger partial charge < -0.3 is 5.32 Å². The predicted molar refractivity (Wildman–Crippen MR) is 109 cm³/mol. The van der Waals surface area contributed by atoms with Crippen molar-refractivity contribution in [3.05, 3.63) is 89.4 Å². The maximum absolute atomic E-state index is 6.05. The van der Waals surface area contributed by atoms with E-state index in [1.807, 2.05) is 48.5 Å². The Bertz CT molecular complexity index is 1030. The summed E-state index contributed by atoms with van der Waals surface area (Å²) in [6.07, 6.45) is 0.872. The van der Waals surface area contributed by atoms with E-state index in [1.54, 1.807) is 0 Å². The Labute approximate surface area is 157 Å². The molecule has 4 rings (SSSR count). The van der Waals surface area contributed by atoms with Crippen molar-refractivity contribution in [2.45, 2.75) is 6.42 Å². The van der Waals surface area contributed by atoms with Gasteiger partial charge in [0.05, 0.1) is 0 Å². The Hall–Kier alpha value is -2.91. The number of hydrogen-bond donors (Lipinski definition) is 1. The van der Waals surface area contributed by atoms with Crippen LogP contribution in [0.3, 0.4) is 0 Å². The molecule has 26 heavy (non-hydrogen) atoms. The number of hydrogen-bond acceptors (Lipinski definition) is 3. The Morgan fingerprint density at radius 2 is 1.54 bits per heavy atom. The standard InChI is InChI=1S/C22H18ClN3/c23-18-10-6-7-16(15-18)13-14-24-22-20-12-5-4-11-19(20)21(25-26-22)17-8-2-1-3-9-17/h1-12,15H,13-14H2,(H,24,26). The van der Waals surface area contributed by atoms with Gasteiger partial charge >= 0.3 is 0 Å². The number of nitrogens with zero attached hydrogens (tertiary/aromatic N) is 2. The molecule has 0 atom stereocenters. The molecule has 0 saturated heterocycles. The van der Waals surface area contributed by atoms with Gasteiger partial charge in [-0.15, -0.1) is 10.2 Å². The molecule has 0 fully saturated rings. The highest BCUT2D eigenvalue weighted by atomic mass is 35.5. The molecule has 0 aliphatic carbocycles. The van der Waals surface area contributed by atoms with Crippen molar-refractivity contribution in [2.75, 3.05) is 11.9 Å². The van der Waals surface area contributed by atoms with Crippen molar-refractivity contribution >= 4 is 28.2 Å². The lowest BCUT2D eigenvalue weighted by atomic mass is 10.0. The Balaban J connectivity index is 1.60. The quantitative estimate of drug-likeness (QED) is 0.503. The predicted octanol–water partition coefficient (Wildman–Crippen LogP) is 5.60. The summed E-state index contributed by atoms with van der Waals surface area (Å²) in [5.41, 5.74) is 3.17. The fourth-order valence-electron chi connectivity index (χ4n) is 3.06. The molecular weight excluding hydrogens is 342 g/mol. The summed E-state index contributed by atoms with van der Waals surface area (Å²) in [4.78, 5) is 0. The molecule has 0 unspecified atom stereocenters. The minimum Gasteiger partial charge on any atom is -0.368 e. The van der Waals surface area contributed by atoms with Gasteiger partial charge in [0.25, 0.3) is 0 Å². The van der Waals surface area contributed by atoms with E-state index in [9.17, 15) is 0 Å². The van der Waals surface area contributed by atoms with Gasteiger partial charge in [0, 0.05) is 27.9 Å². The van der Waals surface area contributed by atoms with Gasteiger partial charge in [0.15, 0.2) is 5.82 Å². The number of nitrogens with one attached hydrogen (secondary N) is 1. The highest BCUT2D eigenvalue weighted by Gasteiger charge is 2.10. The minimum atomic E-state index is 0.764. The molecule has 4 aromatic rings. The fraction of sp³-hybridized carbons (Fsp3) is 0.0909. The van der Waals surface area contributed by atoms with E-state index in [0.29, 0.717) is 0 Å². The molecule has 0 bridgehead atoms. The van der Waals surface area contributed by atoms with Crippen molar-refractivity contribution < 1.29 is 0 Å². The molecule has 1 heterocycles. The van der Waals surface area contributed by atoms with Crippen LogP contribution in [0, 0.1) is 0 Å². The third kappa shape index (κ3) is 3.53. The first-order valence-corrected chi connectivity index (χ1v) is 8.98. The summed E-state index contributed by atoms with van der Waals surface area (Å²) in [5, 5.41) is 15.3. The second-order valence-corrected chi connectivity index (χ2v) is 6.55. The van der Waals surface area contributed by atoms with Crippen LogP contribution in [-0.4, -0.2) is 16.7 Å². The normalized spacial score (nSPS) is 10.8. The van der Waals surface area contributed by atoms with Crippen LogP contribution >= 0.6 is 11.6 Å². The lowest BCUT2D eigenvalue weighted by Gasteiger charge is -2.11. The van der Waals surface area contributed by atoms with Crippen molar-refractivity contribution in [1.82, 2.24) is 10.2 Å². The summed E-state index contributed by atoms with van der Waals surface area (Å²) in [6.45, 7) is 0.768. The molecule has 3 nitrogen and oxygen atoms in total. The Kier molecular flexibility index (Phi) is 4.80. The molecular formula is C22H18ClN3. The van der Waals surface area contributed by atoms with Gasteiger partial charge in [-0.1, -0.05) is 78.3 Å². The van der Waals surface area contributed by atoms with Gasteiger partial charge in [-0.3, -0.25) is 0 Å². The lowest BCUT2D eigenvalue weighted by molar-refractivity contribution is 0.979. The van der Waals surface area contributed by atoms with Crippen LogP contribution in [-0.2, 0) is 6.42 Å². The zero-order valence-corrected chi connectivity index (χ0v) is 14.9. The van der Waals surface area contributed by atoms with E-state index in [2.05, 4.69) is 45.8 Å². The zero-order chi connectivity index (χ0) is 17.8. The van der Waals surface area contributed by atoms with E-state index < -0.39 is 0 Å². The number of anilines is 1. The molecule has 4 heteroatoms. The third-order valence-electron chi connectivity index (χ3n) is 4.33. The number of fused-ring (bicyclic) bond motifs is 1. The maximum Gasteiger partial charge on any atom is 0.156 e. The number of aromatic nitrogens is 2. The smallest absolute Gasteiger partial charge is 0.156 e. The average Bonchev–Trinajstić information content (AvgIpc) is 2.69. The number of benzene rings is 3. The second kappa shape index (κ2) is 7.54. The van der Waals surface area contributed by atoms with Gasteiger partial charge in [-0.25, -0.2) is 0 Å². The summed E-state index contributed by atoms with van der Waals surface area (Å²) in [6, 6.07) is 26.3. The van der Waals surface area contributed by atoms with Crippen molar-refractivity contribution in [1.29, 1.82) is 0 Å². The van der Waals surface area contributed by atoms with Gasteiger partial charge in [0.1, 0.15) is 5.69 Å². The molecule has 1 aromatic heterocycles. The SMILES string of the molecule is Clc1cccc(CCNc2nnc(-c3ccccc3)c3ccccc23)c1. The molecule has 1 N–H and O–H groups in total. The molecule has 3 aromatic carbocycles. The van der Waals surface area contributed by atoms with E-state index in [4.69, 9.17) is 11.6 Å². The van der Waals surface area contributed by atoms with E-state index in [0.717, 1.165) is 45.8 Å². The molecule has 0 aliphatic rings. The molecule has 128 valence electrons. The van der Waals surface area contributed by atoms with Crippen LogP contribution in [0.15, 0.2) is 78.9 Å². The number of rotatable bonds is 5. The van der Waals surface area contributed by atoms with Crippen LogP contribution in [0.2, 0.25) is 5.02 Å². The van der Waals surface area contributed by atoms with Crippen LogP contribution in [0.5, 0.6) is 0 Å². The van der Waals surface area contributed by atoms with Crippen LogP contribution in [0.4, 0.5) is 5.82 Å². The lowest BCUT2D eigenvalue weighted by Crippen LogP contribution is -2.08. The van der Waals surface area contributed by atoms with E-state index in [-0.39, 0.29) is 0 Å². The number of halogens is 1. The van der Waals surface area contributed by atoms with Gasteiger partial charge in [-0.05, 0) is 24.1 Å². The van der Waals surface area contributed by atoms with Gasteiger partial charge in [-0.2, -0.15) is 0 Å². The average molecular weight is 360 g/mol. The fourth-order valence-corrected chi connectivity index (χ4v) is 3.27. The van der Waals surface area contributed by atoms with Gasteiger partial charge in [0.2, 0.25) is 0 Å². The topological polar surface area (TPSA) is 37.8 Å². The van der Waals surface area contributed by atoms with Crippen LogP contribution in [0.1, 0.15) is 5.56 Å². The monoisotopic (exact) mass is 359 g/mol. The first-order valence-electron chi connectivity index (χ1n) is 8.60. The Morgan fingerprint density at radius 3 is 2.35 bits per heavy atom. The molecule has 0 spiro atoms. The third-order valence-corrected chi connectivity index (χ3v) is 4.56. The zero-order valence-electron chi connectivity index (χ0n) is 14.2.